The molecule has 5 heteroatoms. The quantitative estimate of drug-likeness (QED) is 0.857. The molecular weight excluding hydrogens is 325 g/mol. The summed E-state index contributed by atoms with van der Waals surface area (Å²) in [5, 5.41) is 12.5. The SMILES string of the molecule is CC(C)(CCNC1CCc2c1ccc(F)c2Br)C(=O)O. The maximum atomic E-state index is 13.5. The Bertz CT molecular complexity index is 531. The third-order valence-corrected chi connectivity index (χ3v) is 4.87. The van der Waals surface area contributed by atoms with Crippen molar-refractivity contribution in [3.05, 3.63) is 33.5 Å². The standard InChI is InChI=1S/C15H19BrFNO2/c1-15(2,14(19)20)7-8-18-12-6-4-10-9(12)3-5-11(17)13(10)16/h3,5,12,18H,4,6-8H2,1-2H3,(H,19,20). The molecule has 2 rings (SSSR count). The molecule has 0 saturated carbocycles. The van der Waals surface area contributed by atoms with E-state index in [2.05, 4.69) is 21.2 Å². The van der Waals surface area contributed by atoms with Crippen LogP contribution in [0.5, 0.6) is 0 Å². The fourth-order valence-corrected chi connectivity index (χ4v) is 3.07. The van der Waals surface area contributed by atoms with Crippen molar-refractivity contribution in [2.24, 2.45) is 5.41 Å². The zero-order valence-corrected chi connectivity index (χ0v) is 13.3. The Labute approximate surface area is 126 Å². The first-order chi connectivity index (χ1) is 9.33. The first-order valence-corrected chi connectivity index (χ1v) is 7.56. The van der Waals surface area contributed by atoms with Gasteiger partial charge in [-0.2, -0.15) is 0 Å². The molecule has 0 spiro atoms. The van der Waals surface area contributed by atoms with Crippen LogP contribution in [0.1, 0.15) is 43.9 Å². The molecule has 0 heterocycles. The molecular formula is C15H19BrFNO2. The molecule has 0 aromatic heterocycles. The van der Waals surface area contributed by atoms with Crippen molar-refractivity contribution >= 4 is 21.9 Å². The summed E-state index contributed by atoms with van der Waals surface area (Å²) < 4.78 is 14.0. The molecule has 1 aliphatic carbocycles. The van der Waals surface area contributed by atoms with Crippen molar-refractivity contribution in [3.63, 3.8) is 0 Å². The van der Waals surface area contributed by atoms with Gasteiger partial charge in [-0.3, -0.25) is 4.79 Å². The van der Waals surface area contributed by atoms with Crippen LogP contribution in [-0.4, -0.2) is 17.6 Å². The van der Waals surface area contributed by atoms with Gasteiger partial charge in [0.15, 0.2) is 0 Å². The van der Waals surface area contributed by atoms with Crippen molar-refractivity contribution in [3.8, 4) is 0 Å². The highest BCUT2D eigenvalue weighted by molar-refractivity contribution is 9.10. The number of hydrogen-bond donors (Lipinski definition) is 2. The van der Waals surface area contributed by atoms with Gasteiger partial charge in [0.05, 0.1) is 9.89 Å². The van der Waals surface area contributed by atoms with Gasteiger partial charge in [-0.05, 0) is 72.8 Å². The fourth-order valence-electron chi connectivity index (χ4n) is 2.51. The number of carboxylic acids is 1. The van der Waals surface area contributed by atoms with E-state index in [9.17, 15) is 9.18 Å². The van der Waals surface area contributed by atoms with Crippen molar-refractivity contribution in [1.82, 2.24) is 5.32 Å². The maximum Gasteiger partial charge on any atom is 0.309 e. The van der Waals surface area contributed by atoms with Gasteiger partial charge in [-0.15, -0.1) is 0 Å². The average molecular weight is 344 g/mol. The summed E-state index contributed by atoms with van der Waals surface area (Å²) in [6.45, 7) is 4.09. The van der Waals surface area contributed by atoms with Crippen molar-refractivity contribution in [2.75, 3.05) is 6.54 Å². The Morgan fingerprint density at radius 1 is 1.55 bits per heavy atom. The highest BCUT2D eigenvalue weighted by atomic mass is 79.9. The summed E-state index contributed by atoms with van der Waals surface area (Å²) >= 11 is 3.30. The zero-order chi connectivity index (χ0) is 14.9. The lowest BCUT2D eigenvalue weighted by molar-refractivity contribution is -0.147. The summed E-state index contributed by atoms with van der Waals surface area (Å²) in [6, 6.07) is 3.48. The number of nitrogens with one attached hydrogen (secondary N) is 1. The summed E-state index contributed by atoms with van der Waals surface area (Å²) in [6.07, 6.45) is 2.33. The highest BCUT2D eigenvalue weighted by Crippen LogP contribution is 2.37. The third-order valence-electron chi connectivity index (χ3n) is 4.01. The van der Waals surface area contributed by atoms with Crippen molar-refractivity contribution in [1.29, 1.82) is 0 Å². The maximum absolute atomic E-state index is 13.5. The second-order valence-electron chi connectivity index (χ2n) is 5.91. The van der Waals surface area contributed by atoms with Crippen LogP contribution in [0, 0.1) is 11.2 Å². The van der Waals surface area contributed by atoms with E-state index in [1.165, 1.54) is 6.07 Å². The lowest BCUT2D eigenvalue weighted by Gasteiger charge is -2.21. The molecule has 0 amide bonds. The van der Waals surface area contributed by atoms with Crippen molar-refractivity contribution < 1.29 is 14.3 Å². The Balaban J connectivity index is 1.99. The molecule has 1 aromatic carbocycles. The molecule has 0 radical (unpaired) electrons. The molecule has 1 aromatic rings. The molecule has 0 fully saturated rings. The predicted molar refractivity (Wildman–Crippen MR) is 79.2 cm³/mol. The van der Waals surface area contributed by atoms with E-state index in [1.807, 2.05) is 6.07 Å². The number of rotatable bonds is 5. The molecule has 3 nitrogen and oxygen atoms in total. The van der Waals surface area contributed by atoms with Crippen LogP contribution in [0.4, 0.5) is 4.39 Å². The number of carboxylic acid groups (broad SMARTS) is 1. The van der Waals surface area contributed by atoms with Crippen LogP contribution in [0.25, 0.3) is 0 Å². The smallest absolute Gasteiger partial charge is 0.309 e. The number of halogens is 2. The lowest BCUT2D eigenvalue weighted by atomic mass is 9.89. The van der Waals surface area contributed by atoms with Crippen LogP contribution in [0.2, 0.25) is 0 Å². The van der Waals surface area contributed by atoms with Crippen LogP contribution in [-0.2, 0) is 11.2 Å². The third kappa shape index (κ3) is 3.04. The molecule has 0 bridgehead atoms. The topological polar surface area (TPSA) is 49.3 Å². The first-order valence-electron chi connectivity index (χ1n) is 6.76. The minimum atomic E-state index is -0.782. The van der Waals surface area contributed by atoms with Gasteiger partial charge in [0.2, 0.25) is 0 Å². The molecule has 1 unspecified atom stereocenters. The molecule has 0 saturated heterocycles. The number of carbonyl (C=O) groups is 1. The first kappa shape index (κ1) is 15.4. The fraction of sp³-hybridized carbons (Fsp3) is 0.533. The molecule has 110 valence electrons. The monoisotopic (exact) mass is 343 g/mol. The number of benzene rings is 1. The Kier molecular flexibility index (Phi) is 4.49. The van der Waals surface area contributed by atoms with Crippen molar-refractivity contribution in [2.45, 2.75) is 39.2 Å². The van der Waals surface area contributed by atoms with E-state index >= 15 is 0 Å². The van der Waals surface area contributed by atoms with E-state index in [0.717, 1.165) is 24.0 Å². The van der Waals surface area contributed by atoms with Gasteiger partial charge in [0.25, 0.3) is 0 Å². The number of fused-ring (bicyclic) bond motifs is 1. The van der Waals surface area contributed by atoms with Crippen LogP contribution < -0.4 is 5.32 Å². The lowest BCUT2D eigenvalue weighted by Crippen LogP contribution is -2.30. The van der Waals surface area contributed by atoms with Crippen LogP contribution in [0.3, 0.4) is 0 Å². The largest absolute Gasteiger partial charge is 0.481 e. The zero-order valence-electron chi connectivity index (χ0n) is 11.7. The van der Waals surface area contributed by atoms with E-state index in [0.29, 0.717) is 17.4 Å². The van der Waals surface area contributed by atoms with Gasteiger partial charge in [-0.1, -0.05) is 6.07 Å². The normalized spacial score (nSPS) is 18.1. The molecule has 2 N–H and O–H groups in total. The Morgan fingerprint density at radius 3 is 2.90 bits per heavy atom. The molecule has 1 aliphatic rings. The Morgan fingerprint density at radius 2 is 2.25 bits per heavy atom. The summed E-state index contributed by atoms with van der Waals surface area (Å²) in [5.41, 5.74) is 1.42. The number of hydrogen-bond acceptors (Lipinski definition) is 2. The van der Waals surface area contributed by atoms with Gasteiger partial charge in [-0.25, -0.2) is 4.39 Å². The summed E-state index contributed by atoms with van der Waals surface area (Å²) in [7, 11) is 0. The summed E-state index contributed by atoms with van der Waals surface area (Å²) in [4.78, 5) is 11.1. The van der Waals surface area contributed by atoms with Gasteiger partial charge in [0, 0.05) is 6.04 Å². The van der Waals surface area contributed by atoms with E-state index in [4.69, 9.17) is 5.11 Å². The highest BCUT2D eigenvalue weighted by Gasteiger charge is 2.29. The molecule has 0 aliphatic heterocycles. The van der Waals surface area contributed by atoms with E-state index in [-0.39, 0.29) is 11.9 Å². The minimum Gasteiger partial charge on any atom is -0.481 e. The molecule has 1 atom stereocenters. The number of aliphatic carboxylic acids is 1. The van der Waals surface area contributed by atoms with Gasteiger partial charge >= 0.3 is 5.97 Å². The Hall–Kier alpha value is -0.940. The second-order valence-corrected chi connectivity index (χ2v) is 6.71. The van der Waals surface area contributed by atoms with Crippen LogP contribution >= 0.6 is 15.9 Å². The van der Waals surface area contributed by atoms with Gasteiger partial charge < -0.3 is 10.4 Å². The van der Waals surface area contributed by atoms with E-state index in [1.54, 1.807) is 13.8 Å². The summed E-state index contributed by atoms with van der Waals surface area (Å²) in [5.74, 6) is -1.01. The van der Waals surface area contributed by atoms with E-state index < -0.39 is 11.4 Å². The minimum absolute atomic E-state index is 0.187. The second kappa shape index (κ2) is 5.82. The van der Waals surface area contributed by atoms with Crippen LogP contribution in [0.15, 0.2) is 16.6 Å². The van der Waals surface area contributed by atoms with Gasteiger partial charge in [0.1, 0.15) is 5.82 Å². The average Bonchev–Trinajstić information content (AvgIpc) is 2.77. The molecule has 20 heavy (non-hydrogen) atoms. The predicted octanol–water partition coefficient (Wildman–Crippen LogP) is 3.67.